The number of carbonyl (C=O) groups excluding carboxylic acids is 3. The van der Waals surface area contributed by atoms with Gasteiger partial charge in [-0.05, 0) is 41.3 Å². The van der Waals surface area contributed by atoms with Crippen LogP contribution in [-0.2, 0) is 26.3 Å². The Kier molecular flexibility index (Phi) is 8.88. The van der Waals surface area contributed by atoms with E-state index in [4.69, 9.17) is 14.2 Å². The summed E-state index contributed by atoms with van der Waals surface area (Å²) in [6.45, 7) is 0.752. The number of nitrogens with zero attached hydrogens (tertiary/aromatic N) is 2. The van der Waals surface area contributed by atoms with E-state index in [0.717, 1.165) is 11.1 Å². The maximum absolute atomic E-state index is 14.7. The van der Waals surface area contributed by atoms with Crippen LogP contribution >= 0.6 is 0 Å². The van der Waals surface area contributed by atoms with Gasteiger partial charge in [0.15, 0.2) is 11.5 Å². The lowest BCUT2D eigenvalue weighted by atomic mass is 9.69. The quantitative estimate of drug-likeness (QED) is 0.248. The summed E-state index contributed by atoms with van der Waals surface area (Å²) in [5.41, 5.74) is 3.14. The topological polar surface area (TPSA) is 119 Å². The number of pyridine rings is 1. The predicted octanol–water partition coefficient (Wildman–Crippen LogP) is 4.83. The Labute approximate surface area is 285 Å². The van der Waals surface area contributed by atoms with Gasteiger partial charge in [0.2, 0.25) is 11.8 Å². The molecule has 4 unspecified atom stereocenters. The monoisotopic (exact) mass is 658 g/mol. The van der Waals surface area contributed by atoms with Crippen LogP contribution in [0.4, 0.5) is 0 Å². The van der Waals surface area contributed by atoms with Crippen molar-refractivity contribution in [2.75, 3.05) is 20.8 Å². The largest absolute Gasteiger partial charge is 0.493 e. The van der Waals surface area contributed by atoms with Crippen molar-refractivity contribution < 1.29 is 28.6 Å². The molecule has 2 aliphatic heterocycles. The molecule has 4 aromatic rings. The van der Waals surface area contributed by atoms with Crippen molar-refractivity contribution in [2.45, 2.75) is 49.1 Å². The summed E-state index contributed by atoms with van der Waals surface area (Å²) in [5.74, 6) is 0.177. The third kappa shape index (κ3) is 6.04. The summed E-state index contributed by atoms with van der Waals surface area (Å²) < 4.78 is 18.0. The summed E-state index contributed by atoms with van der Waals surface area (Å²) in [6, 6.07) is 23.2. The molecule has 3 aliphatic rings. The minimum atomic E-state index is -1.06. The van der Waals surface area contributed by atoms with Crippen LogP contribution in [-0.4, -0.2) is 60.6 Å². The number of hydrogen-bond acceptors (Lipinski definition) is 7. The fourth-order valence-electron chi connectivity index (χ4n) is 7.29. The molecule has 3 heterocycles. The van der Waals surface area contributed by atoms with E-state index in [1.165, 1.54) is 12.4 Å². The first-order valence-electron chi connectivity index (χ1n) is 16.4. The van der Waals surface area contributed by atoms with Crippen LogP contribution in [0.3, 0.4) is 0 Å². The van der Waals surface area contributed by atoms with Gasteiger partial charge in [-0.2, -0.15) is 0 Å². The molecule has 0 fully saturated rings. The Bertz CT molecular complexity index is 1870. The molecule has 1 aliphatic carbocycles. The van der Waals surface area contributed by atoms with Crippen molar-refractivity contribution in [3.8, 4) is 11.5 Å². The van der Waals surface area contributed by atoms with Crippen LogP contribution in [0.25, 0.3) is 0 Å². The maximum Gasteiger partial charge on any atom is 0.252 e. The molecule has 2 N–H and O–H groups in total. The van der Waals surface area contributed by atoms with E-state index in [2.05, 4.69) is 27.8 Å². The molecule has 0 radical (unpaired) electrons. The predicted molar refractivity (Wildman–Crippen MR) is 182 cm³/mol. The van der Waals surface area contributed by atoms with Crippen LogP contribution in [0.2, 0.25) is 0 Å². The number of rotatable bonds is 9. The Hall–Kier alpha value is -5.48. The lowest BCUT2D eigenvalue weighted by molar-refractivity contribution is -0.137. The molecule has 10 heteroatoms. The first-order chi connectivity index (χ1) is 23.9. The summed E-state index contributed by atoms with van der Waals surface area (Å²) in [5, 5.41) is 5.89. The minimum absolute atomic E-state index is 0.0744. The minimum Gasteiger partial charge on any atom is -0.493 e. The van der Waals surface area contributed by atoms with Gasteiger partial charge in [-0.15, -0.1) is 0 Å². The fraction of sp³-hybridized carbons (Fsp3) is 0.282. The van der Waals surface area contributed by atoms with Crippen molar-refractivity contribution in [2.24, 2.45) is 0 Å². The van der Waals surface area contributed by atoms with E-state index in [1.807, 2.05) is 53.4 Å². The fourth-order valence-corrected chi connectivity index (χ4v) is 7.29. The second kappa shape index (κ2) is 13.6. The molecule has 0 bridgehead atoms. The summed E-state index contributed by atoms with van der Waals surface area (Å²) in [6.07, 6.45) is 8.35. The van der Waals surface area contributed by atoms with Crippen molar-refractivity contribution in [1.29, 1.82) is 0 Å². The number of methoxy groups -OCH3 is 2. The van der Waals surface area contributed by atoms with Crippen LogP contribution < -0.4 is 20.1 Å². The van der Waals surface area contributed by atoms with Crippen LogP contribution in [0.5, 0.6) is 11.5 Å². The van der Waals surface area contributed by atoms with Crippen molar-refractivity contribution in [3.05, 3.63) is 137 Å². The number of aromatic nitrogens is 1. The third-order valence-electron chi connectivity index (χ3n) is 9.83. The van der Waals surface area contributed by atoms with Crippen molar-refractivity contribution in [3.63, 3.8) is 0 Å². The highest BCUT2D eigenvalue weighted by molar-refractivity contribution is 5.98. The first kappa shape index (κ1) is 32.1. The molecule has 250 valence electrons. The molecule has 0 saturated carbocycles. The van der Waals surface area contributed by atoms with Gasteiger partial charge in [0, 0.05) is 50.1 Å². The zero-order chi connectivity index (χ0) is 34.0. The summed E-state index contributed by atoms with van der Waals surface area (Å²) in [7, 11) is 3.32. The van der Waals surface area contributed by atoms with Crippen molar-refractivity contribution >= 4 is 17.7 Å². The summed E-state index contributed by atoms with van der Waals surface area (Å²) in [4.78, 5) is 48.0. The maximum atomic E-state index is 14.7. The Balaban J connectivity index is 1.21. The molecule has 7 rings (SSSR count). The Morgan fingerprint density at radius 1 is 0.898 bits per heavy atom. The van der Waals surface area contributed by atoms with Crippen LogP contribution in [0.15, 0.2) is 109 Å². The van der Waals surface area contributed by atoms with Gasteiger partial charge in [0.25, 0.3) is 5.91 Å². The third-order valence-corrected chi connectivity index (χ3v) is 9.83. The van der Waals surface area contributed by atoms with Gasteiger partial charge in [0.05, 0.1) is 18.6 Å². The van der Waals surface area contributed by atoms with Gasteiger partial charge in [-0.25, -0.2) is 0 Å². The number of hydrogen-bond donors (Lipinski definition) is 2. The SMILES string of the molecule is COc1ccc2c3c1OC1C[C@@H](OC)C=CC31CCN(C(=O)C(NC(=O)C(NC(=O)c1ccncc1)c1ccccc1)c1ccccc1)C2. The zero-order valence-corrected chi connectivity index (χ0v) is 27.4. The average Bonchev–Trinajstić information content (AvgIpc) is 3.40. The molecule has 5 atom stereocenters. The van der Waals surface area contributed by atoms with Gasteiger partial charge in [0.1, 0.15) is 18.2 Å². The van der Waals surface area contributed by atoms with E-state index in [0.29, 0.717) is 54.1 Å². The van der Waals surface area contributed by atoms with Crippen molar-refractivity contribution in [1.82, 2.24) is 20.5 Å². The van der Waals surface area contributed by atoms with E-state index in [1.54, 1.807) is 50.6 Å². The van der Waals surface area contributed by atoms with Gasteiger partial charge in [-0.3, -0.25) is 19.4 Å². The Morgan fingerprint density at radius 2 is 1.59 bits per heavy atom. The number of ether oxygens (including phenoxy) is 3. The van der Waals surface area contributed by atoms with E-state index in [9.17, 15) is 14.4 Å². The second-order valence-electron chi connectivity index (χ2n) is 12.6. The van der Waals surface area contributed by atoms with E-state index in [-0.39, 0.29) is 18.1 Å². The highest BCUT2D eigenvalue weighted by Gasteiger charge is 2.53. The normalized spacial score (nSPS) is 21.6. The summed E-state index contributed by atoms with van der Waals surface area (Å²) >= 11 is 0. The molecular formula is C39H38N4O6. The lowest BCUT2D eigenvalue weighted by Crippen LogP contribution is -2.48. The molecule has 3 aromatic carbocycles. The number of carbonyl (C=O) groups is 3. The first-order valence-corrected chi connectivity index (χ1v) is 16.4. The molecule has 49 heavy (non-hydrogen) atoms. The highest BCUT2D eigenvalue weighted by Crippen LogP contribution is 2.56. The standard InChI is InChI=1S/C39H38N4O6/c1-47-29-15-18-39-19-22-43(24-28-13-14-30(48-2)35(32(28)39)49-31(39)23-29)38(46)34(26-11-7-4-8-12-26)42-37(45)33(25-9-5-3-6-10-25)41-36(44)27-16-20-40-21-17-27/h3-18,20-21,29,31,33-34H,19,22-24H2,1-2H3,(H,41,44)(H,42,45)/t29-,31?,33?,34?,39?/m0/s1. The van der Waals surface area contributed by atoms with E-state index < -0.39 is 29.3 Å². The molecular weight excluding hydrogens is 620 g/mol. The number of nitrogens with one attached hydrogen (secondary N) is 2. The average molecular weight is 659 g/mol. The lowest BCUT2D eigenvalue weighted by Gasteiger charge is -2.37. The molecule has 3 amide bonds. The molecule has 0 saturated heterocycles. The Morgan fingerprint density at radius 3 is 2.27 bits per heavy atom. The van der Waals surface area contributed by atoms with Gasteiger partial charge < -0.3 is 29.7 Å². The number of benzene rings is 3. The smallest absolute Gasteiger partial charge is 0.252 e. The second-order valence-corrected chi connectivity index (χ2v) is 12.6. The van der Waals surface area contributed by atoms with Crippen LogP contribution in [0.1, 0.15) is 57.5 Å². The highest BCUT2D eigenvalue weighted by atomic mass is 16.5. The molecule has 1 aromatic heterocycles. The van der Waals surface area contributed by atoms with E-state index >= 15 is 0 Å². The molecule has 1 spiro atoms. The number of amides is 3. The van der Waals surface area contributed by atoms with Gasteiger partial charge >= 0.3 is 0 Å². The zero-order valence-electron chi connectivity index (χ0n) is 27.4. The van der Waals surface area contributed by atoms with Crippen LogP contribution in [0, 0.1) is 0 Å². The molecule has 10 nitrogen and oxygen atoms in total. The van der Waals surface area contributed by atoms with Gasteiger partial charge in [-0.1, -0.05) is 78.9 Å².